The molecular formula is C24H20N2O2S. The van der Waals surface area contributed by atoms with Gasteiger partial charge in [0.05, 0.1) is 16.4 Å². The molecule has 1 saturated heterocycles. The van der Waals surface area contributed by atoms with E-state index in [1.54, 1.807) is 11.8 Å². The second-order valence-electron chi connectivity index (χ2n) is 7.15. The molecule has 1 fully saturated rings. The third kappa shape index (κ3) is 2.76. The minimum Gasteiger partial charge on any atom is -0.478 e. The van der Waals surface area contributed by atoms with Gasteiger partial charge in [-0.15, -0.1) is 11.8 Å². The van der Waals surface area contributed by atoms with E-state index in [0.29, 0.717) is 12.2 Å². The molecule has 5 rings (SSSR count). The standard InChI is InChI=1S/C24H20N2O2S/c1-29-21-16-24(17-10-4-2-5-11-17)22(28-18-12-6-3-7-13-18)23(27)26(24)20-15-9-8-14-19(20)25-21/h2-15,22H,16H2,1H3. The second-order valence-corrected chi connectivity index (χ2v) is 8.03. The summed E-state index contributed by atoms with van der Waals surface area (Å²) < 4.78 is 6.30. The summed E-state index contributed by atoms with van der Waals surface area (Å²) in [6, 6.07) is 27.6. The van der Waals surface area contributed by atoms with Gasteiger partial charge in [-0.3, -0.25) is 9.69 Å². The fourth-order valence-corrected chi connectivity index (χ4v) is 4.79. The molecule has 144 valence electrons. The van der Waals surface area contributed by atoms with Gasteiger partial charge in [0.2, 0.25) is 6.10 Å². The monoisotopic (exact) mass is 400 g/mol. The van der Waals surface area contributed by atoms with Crippen LogP contribution in [-0.2, 0) is 10.3 Å². The van der Waals surface area contributed by atoms with Crippen LogP contribution < -0.4 is 9.64 Å². The van der Waals surface area contributed by atoms with Crippen LogP contribution in [0.4, 0.5) is 11.4 Å². The van der Waals surface area contributed by atoms with Crippen LogP contribution in [0.3, 0.4) is 0 Å². The van der Waals surface area contributed by atoms with E-state index >= 15 is 0 Å². The lowest BCUT2D eigenvalue weighted by Crippen LogP contribution is -2.74. The van der Waals surface area contributed by atoms with E-state index in [0.717, 1.165) is 22.0 Å². The molecule has 0 N–H and O–H groups in total. The number of carbonyl (C=O) groups excluding carboxylic acids is 1. The topological polar surface area (TPSA) is 41.9 Å². The Balaban J connectivity index is 1.70. The lowest BCUT2D eigenvalue weighted by Gasteiger charge is -2.56. The van der Waals surface area contributed by atoms with E-state index in [2.05, 4.69) is 12.1 Å². The minimum atomic E-state index is -0.636. The molecule has 2 aliphatic rings. The number of ether oxygens (including phenoxy) is 1. The minimum absolute atomic E-state index is 0.0392. The number of fused-ring (bicyclic) bond motifs is 3. The smallest absolute Gasteiger partial charge is 0.271 e. The van der Waals surface area contributed by atoms with Gasteiger partial charge in [0.25, 0.3) is 5.91 Å². The predicted molar refractivity (Wildman–Crippen MR) is 118 cm³/mol. The summed E-state index contributed by atoms with van der Waals surface area (Å²) in [4.78, 5) is 20.2. The number of nitrogens with zero attached hydrogens (tertiary/aromatic N) is 2. The molecule has 2 unspecified atom stereocenters. The number of anilines is 1. The Morgan fingerprint density at radius 1 is 0.966 bits per heavy atom. The highest BCUT2D eigenvalue weighted by Gasteiger charge is 2.65. The van der Waals surface area contributed by atoms with Crippen molar-refractivity contribution in [2.45, 2.75) is 18.1 Å². The SMILES string of the molecule is CSC1=Nc2ccccc2N2C(=O)C(Oc3ccccc3)C2(c2ccccc2)C1. The van der Waals surface area contributed by atoms with Crippen LogP contribution in [0.2, 0.25) is 0 Å². The van der Waals surface area contributed by atoms with Crippen molar-refractivity contribution < 1.29 is 9.53 Å². The summed E-state index contributed by atoms with van der Waals surface area (Å²) in [5.41, 5.74) is 2.07. The molecule has 5 heteroatoms. The first kappa shape index (κ1) is 18.0. The van der Waals surface area contributed by atoms with Crippen LogP contribution in [0.15, 0.2) is 89.9 Å². The molecular weight excluding hydrogens is 380 g/mol. The maximum Gasteiger partial charge on any atom is 0.271 e. The molecule has 0 bridgehead atoms. The number of aliphatic imine (C=N–C) groups is 1. The maximum atomic E-state index is 13.4. The first-order valence-electron chi connectivity index (χ1n) is 9.56. The fourth-order valence-electron chi connectivity index (χ4n) is 4.24. The Hall–Kier alpha value is -3.05. The Bertz CT molecular complexity index is 1080. The number of β-lactam (4-membered cyclic amide) rings is 1. The van der Waals surface area contributed by atoms with E-state index in [-0.39, 0.29) is 5.91 Å². The summed E-state index contributed by atoms with van der Waals surface area (Å²) in [7, 11) is 0. The van der Waals surface area contributed by atoms with Crippen molar-refractivity contribution in [2.75, 3.05) is 11.2 Å². The summed E-state index contributed by atoms with van der Waals surface area (Å²) in [6.07, 6.45) is 2.02. The molecule has 0 spiro atoms. The van der Waals surface area contributed by atoms with Crippen molar-refractivity contribution in [3.05, 3.63) is 90.5 Å². The van der Waals surface area contributed by atoms with E-state index in [1.165, 1.54) is 0 Å². The molecule has 0 saturated carbocycles. The fraction of sp³-hybridized carbons (Fsp3) is 0.167. The van der Waals surface area contributed by atoms with E-state index in [4.69, 9.17) is 9.73 Å². The van der Waals surface area contributed by atoms with Crippen LogP contribution in [0.25, 0.3) is 0 Å². The molecule has 0 aromatic heterocycles. The Labute approximate surface area is 174 Å². The van der Waals surface area contributed by atoms with Gasteiger partial charge >= 0.3 is 0 Å². The quantitative estimate of drug-likeness (QED) is 0.570. The lowest BCUT2D eigenvalue weighted by atomic mass is 9.72. The average Bonchev–Trinajstić information content (AvgIpc) is 2.91. The molecule has 29 heavy (non-hydrogen) atoms. The first-order valence-corrected chi connectivity index (χ1v) is 10.8. The van der Waals surface area contributed by atoms with Crippen LogP contribution in [-0.4, -0.2) is 23.3 Å². The molecule has 4 nitrogen and oxygen atoms in total. The molecule has 0 aliphatic carbocycles. The van der Waals surface area contributed by atoms with Crippen molar-refractivity contribution in [3.8, 4) is 5.75 Å². The van der Waals surface area contributed by atoms with Gasteiger partial charge in [0.1, 0.15) is 11.3 Å². The number of amides is 1. The van der Waals surface area contributed by atoms with Crippen molar-refractivity contribution >= 4 is 34.1 Å². The summed E-state index contributed by atoms with van der Waals surface area (Å²) in [6.45, 7) is 0. The number of hydrogen-bond donors (Lipinski definition) is 0. The van der Waals surface area contributed by atoms with Crippen LogP contribution in [0.1, 0.15) is 12.0 Å². The van der Waals surface area contributed by atoms with E-state index in [9.17, 15) is 4.79 Å². The van der Waals surface area contributed by atoms with Gasteiger partial charge < -0.3 is 4.74 Å². The highest BCUT2D eigenvalue weighted by molar-refractivity contribution is 8.13. The maximum absolute atomic E-state index is 13.4. The normalized spacial score (nSPS) is 22.7. The first-order chi connectivity index (χ1) is 14.2. The second kappa shape index (κ2) is 7.08. The highest BCUT2D eigenvalue weighted by atomic mass is 32.2. The zero-order valence-corrected chi connectivity index (χ0v) is 16.8. The molecule has 1 amide bonds. The zero-order valence-electron chi connectivity index (χ0n) is 16.0. The number of para-hydroxylation sites is 3. The summed E-state index contributed by atoms with van der Waals surface area (Å²) >= 11 is 1.62. The number of carbonyl (C=O) groups is 1. The van der Waals surface area contributed by atoms with Crippen LogP contribution in [0, 0.1) is 0 Å². The summed E-state index contributed by atoms with van der Waals surface area (Å²) in [5, 5.41) is 0.984. The van der Waals surface area contributed by atoms with Gasteiger partial charge in [-0.2, -0.15) is 0 Å². The lowest BCUT2D eigenvalue weighted by molar-refractivity contribution is -0.141. The molecule has 2 heterocycles. The summed E-state index contributed by atoms with van der Waals surface area (Å²) in [5.74, 6) is 0.656. The number of rotatable bonds is 3. The largest absolute Gasteiger partial charge is 0.478 e. The molecule has 3 aromatic carbocycles. The van der Waals surface area contributed by atoms with Gasteiger partial charge in [-0.05, 0) is 36.1 Å². The predicted octanol–water partition coefficient (Wildman–Crippen LogP) is 5.17. The number of thioether (sulfide) groups is 1. The van der Waals surface area contributed by atoms with Crippen LogP contribution >= 0.6 is 11.8 Å². The van der Waals surface area contributed by atoms with Crippen molar-refractivity contribution in [1.29, 1.82) is 0 Å². The van der Waals surface area contributed by atoms with Crippen molar-refractivity contribution in [2.24, 2.45) is 4.99 Å². The van der Waals surface area contributed by atoms with Gasteiger partial charge in [0, 0.05) is 6.42 Å². The van der Waals surface area contributed by atoms with Gasteiger partial charge in [0.15, 0.2) is 0 Å². The Kier molecular flexibility index (Phi) is 4.40. The third-order valence-electron chi connectivity index (χ3n) is 5.57. The van der Waals surface area contributed by atoms with Gasteiger partial charge in [-0.1, -0.05) is 60.7 Å². The highest BCUT2D eigenvalue weighted by Crippen LogP contribution is 2.53. The van der Waals surface area contributed by atoms with Crippen LogP contribution in [0.5, 0.6) is 5.75 Å². The number of benzene rings is 3. The average molecular weight is 401 g/mol. The zero-order chi connectivity index (χ0) is 19.8. The number of hydrogen-bond acceptors (Lipinski definition) is 4. The Morgan fingerprint density at radius 3 is 2.34 bits per heavy atom. The van der Waals surface area contributed by atoms with Crippen molar-refractivity contribution in [1.82, 2.24) is 0 Å². The van der Waals surface area contributed by atoms with E-state index in [1.807, 2.05) is 84.0 Å². The molecule has 0 radical (unpaired) electrons. The molecule has 2 aliphatic heterocycles. The molecule has 2 atom stereocenters. The van der Waals surface area contributed by atoms with Crippen molar-refractivity contribution in [3.63, 3.8) is 0 Å². The third-order valence-corrected chi connectivity index (χ3v) is 6.28. The van der Waals surface area contributed by atoms with E-state index < -0.39 is 11.6 Å². The molecule has 3 aromatic rings. The van der Waals surface area contributed by atoms with Gasteiger partial charge in [-0.25, -0.2) is 4.99 Å². The Morgan fingerprint density at radius 2 is 1.62 bits per heavy atom.